The molecule has 1 aromatic carbocycles. The molecule has 1 aliphatic heterocycles. The number of phenols is 1. The van der Waals surface area contributed by atoms with Crippen LogP contribution >= 0.6 is 0 Å². The van der Waals surface area contributed by atoms with E-state index in [0.717, 1.165) is 11.1 Å². The largest absolute Gasteiger partial charge is 0.507 e. The molecule has 2 rings (SSSR count). The second-order valence-electron chi connectivity index (χ2n) is 6.48. The van der Waals surface area contributed by atoms with Crippen molar-refractivity contribution < 1.29 is 29.3 Å². The number of hydrogen-bond donors (Lipinski definition) is 2. The zero-order chi connectivity index (χ0) is 18.9. The quantitative estimate of drug-likeness (QED) is 0.606. The summed E-state index contributed by atoms with van der Waals surface area (Å²) in [5, 5.41) is 19.7. The van der Waals surface area contributed by atoms with E-state index in [0.29, 0.717) is 23.3 Å². The Morgan fingerprint density at radius 3 is 2.56 bits per heavy atom. The Balaban J connectivity index is 2.42. The lowest BCUT2D eigenvalue weighted by Crippen LogP contribution is -2.19. The third-order valence-electron chi connectivity index (χ3n) is 5.13. The van der Waals surface area contributed by atoms with Crippen LogP contribution in [-0.4, -0.2) is 29.3 Å². The van der Waals surface area contributed by atoms with Crippen molar-refractivity contribution in [2.24, 2.45) is 11.8 Å². The van der Waals surface area contributed by atoms with Crippen LogP contribution in [-0.2, 0) is 22.6 Å². The summed E-state index contributed by atoms with van der Waals surface area (Å²) < 4.78 is 10.5. The van der Waals surface area contributed by atoms with E-state index in [4.69, 9.17) is 14.6 Å². The molecule has 25 heavy (non-hydrogen) atoms. The third-order valence-corrected chi connectivity index (χ3v) is 5.13. The molecule has 1 heterocycles. The van der Waals surface area contributed by atoms with Crippen LogP contribution in [0.5, 0.6) is 11.5 Å². The second kappa shape index (κ2) is 7.17. The maximum absolute atomic E-state index is 11.9. The van der Waals surface area contributed by atoms with Gasteiger partial charge in [0.25, 0.3) is 0 Å². The summed E-state index contributed by atoms with van der Waals surface area (Å²) in [4.78, 5) is 23.0. The topological polar surface area (TPSA) is 93.1 Å². The summed E-state index contributed by atoms with van der Waals surface area (Å²) in [6.45, 7) is 7.34. The fourth-order valence-electron chi connectivity index (χ4n) is 3.09. The summed E-state index contributed by atoms with van der Waals surface area (Å²) in [5.41, 5.74) is 3.03. The van der Waals surface area contributed by atoms with Gasteiger partial charge in [-0.05, 0) is 31.7 Å². The van der Waals surface area contributed by atoms with Crippen LogP contribution in [0.15, 0.2) is 11.6 Å². The molecule has 0 unspecified atom stereocenters. The minimum absolute atomic E-state index is 0.122. The number of fused-ring (bicyclic) bond motifs is 1. The predicted molar refractivity (Wildman–Crippen MR) is 91.9 cm³/mol. The number of allylic oxidation sites excluding steroid dienone is 2. The van der Waals surface area contributed by atoms with Crippen LogP contribution in [0.2, 0.25) is 0 Å². The second-order valence-corrected chi connectivity index (χ2v) is 6.48. The number of esters is 1. The van der Waals surface area contributed by atoms with Gasteiger partial charge in [0, 0.05) is 11.1 Å². The highest BCUT2D eigenvalue weighted by Crippen LogP contribution is 2.42. The van der Waals surface area contributed by atoms with Gasteiger partial charge in [-0.3, -0.25) is 4.79 Å². The number of hydrogen-bond acceptors (Lipinski definition) is 5. The monoisotopic (exact) mass is 348 g/mol. The number of aliphatic carboxylic acids is 1. The Hall–Kier alpha value is -2.50. The maximum atomic E-state index is 11.9. The maximum Gasteiger partial charge on any atom is 0.342 e. The van der Waals surface area contributed by atoms with Crippen molar-refractivity contribution in [2.75, 3.05) is 7.11 Å². The SMILES string of the molecule is COc1c(C)c2c(c(O)c1C/C=C(\C)[C@@H](C)[C@H](C)C(=O)O)C(=O)OC2. The molecule has 0 saturated carbocycles. The standard InChI is InChI=1S/C19H24O6/c1-9(10(2)11(3)18(21)22)6-7-13-16(20)15-14(8-25-19(15)23)12(4)17(13)24-5/h6,10-11,20H,7-8H2,1-5H3,(H,21,22)/b9-6+/t10-,11+/m1/s1. The first kappa shape index (κ1) is 18.8. The summed E-state index contributed by atoms with van der Waals surface area (Å²) in [7, 11) is 1.51. The van der Waals surface area contributed by atoms with Gasteiger partial charge in [-0.2, -0.15) is 0 Å². The van der Waals surface area contributed by atoms with Crippen LogP contribution in [0.25, 0.3) is 0 Å². The van der Waals surface area contributed by atoms with Gasteiger partial charge >= 0.3 is 11.9 Å². The van der Waals surface area contributed by atoms with Crippen LogP contribution < -0.4 is 4.74 Å². The minimum Gasteiger partial charge on any atom is -0.507 e. The number of phenolic OH excluding ortho intramolecular Hbond substituents is 1. The normalized spacial score (nSPS) is 16.2. The predicted octanol–water partition coefficient (Wildman–Crippen LogP) is 3.23. The number of benzene rings is 1. The van der Waals surface area contributed by atoms with Crippen LogP contribution in [0.1, 0.15) is 47.8 Å². The minimum atomic E-state index is -0.850. The van der Waals surface area contributed by atoms with E-state index >= 15 is 0 Å². The van der Waals surface area contributed by atoms with Crippen molar-refractivity contribution in [3.63, 3.8) is 0 Å². The first-order valence-corrected chi connectivity index (χ1v) is 8.18. The number of carboxylic acid groups (broad SMARTS) is 1. The molecule has 0 amide bonds. The Morgan fingerprint density at radius 2 is 2.00 bits per heavy atom. The summed E-state index contributed by atoms with van der Waals surface area (Å²) >= 11 is 0. The molecule has 0 radical (unpaired) electrons. The molecule has 2 N–H and O–H groups in total. The van der Waals surface area contributed by atoms with Gasteiger partial charge in [0.15, 0.2) is 0 Å². The molecule has 0 spiro atoms. The molecule has 0 bridgehead atoms. The van der Waals surface area contributed by atoms with Crippen molar-refractivity contribution >= 4 is 11.9 Å². The molecule has 136 valence electrons. The smallest absolute Gasteiger partial charge is 0.342 e. The van der Waals surface area contributed by atoms with Crippen molar-refractivity contribution in [1.29, 1.82) is 0 Å². The highest BCUT2D eigenvalue weighted by atomic mass is 16.5. The average molecular weight is 348 g/mol. The molecule has 0 fully saturated rings. The number of carboxylic acids is 1. The lowest BCUT2D eigenvalue weighted by atomic mass is 9.88. The zero-order valence-electron chi connectivity index (χ0n) is 15.2. The van der Waals surface area contributed by atoms with E-state index in [9.17, 15) is 14.7 Å². The number of cyclic esters (lactones) is 1. The number of methoxy groups -OCH3 is 1. The summed E-state index contributed by atoms with van der Waals surface area (Å²) in [5.74, 6) is -1.64. The number of carbonyl (C=O) groups is 2. The van der Waals surface area contributed by atoms with E-state index in [-0.39, 0.29) is 23.8 Å². The lowest BCUT2D eigenvalue weighted by molar-refractivity contribution is -0.142. The Kier molecular flexibility index (Phi) is 5.40. The highest BCUT2D eigenvalue weighted by Gasteiger charge is 2.32. The van der Waals surface area contributed by atoms with Crippen LogP contribution in [0, 0.1) is 18.8 Å². The van der Waals surface area contributed by atoms with Gasteiger partial charge in [-0.25, -0.2) is 4.79 Å². The van der Waals surface area contributed by atoms with Gasteiger partial charge in [0.1, 0.15) is 23.7 Å². The summed E-state index contributed by atoms with van der Waals surface area (Å²) in [6.07, 6.45) is 2.20. The molecule has 0 aromatic heterocycles. The lowest BCUT2D eigenvalue weighted by Gasteiger charge is -2.18. The van der Waals surface area contributed by atoms with Gasteiger partial charge in [-0.15, -0.1) is 0 Å². The van der Waals surface area contributed by atoms with Crippen LogP contribution in [0.4, 0.5) is 0 Å². The summed E-state index contributed by atoms with van der Waals surface area (Å²) in [6, 6.07) is 0. The van der Waals surface area contributed by atoms with E-state index in [1.54, 1.807) is 6.92 Å². The molecule has 6 heteroatoms. The van der Waals surface area contributed by atoms with Gasteiger partial charge in [0.05, 0.1) is 13.0 Å². The number of ether oxygens (including phenoxy) is 2. The number of aromatic hydroxyl groups is 1. The molecule has 0 aliphatic carbocycles. The van der Waals surface area contributed by atoms with Crippen molar-refractivity contribution in [3.8, 4) is 11.5 Å². The fourth-order valence-corrected chi connectivity index (χ4v) is 3.09. The number of carbonyl (C=O) groups excluding carboxylic acids is 1. The zero-order valence-corrected chi connectivity index (χ0v) is 15.2. The molecule has 2 atom stereocenters. The van der Waals surface area contributed by atoms with Crippen molar-refractivity contribution in [2.45, 2.75) is 40.7 Å². The van der Waals surface area contributed by atoms with E-state index in [1.165, 1.54) is 7.11 Å². The van der Waals surface area contributed by atoms with Gasteiger partial charge < -0.3 is 19.7 Å². The molecule has 1 aliphatic rings. The van der Waals surface area contributed by atoms with E-state index in [1.807, 2.05) is 26.8 Å². The van der Waals surface area contributed by atoms with E-state index in [2.05, 4.69) is 0 Å². The van der Waals surface area contributed by atoms with Crippen molar-refractivity contribution in [3.05, 3.63) is 33.9 Å². The fraction of sp³-hybridized carbons (Fsp3) is 0.474. The van der Waals surface area contributed by atoms with Gasteiger partial charge in [0.2, 0.25) is 0 Å². The van der Waals surface area contributed by atoms with E-state index < -0.39 is 17.9 Å². The first-order chi connectivity index (χ1) is 11.7. The Labute approximate surface area is 147 Å². The Morgan fingerprint density at radius 1 is 1.36 bits per heavy atom. The Bertz CT molecular complexity index is 747. The highest BCUT2D eigenvalue weighted by molar-refractivity contribution is 5.98. The molecule has 1 aromatic rings. The molecule has 6 nitrogen and oxygen atoms in total. The first-order valence-electron chi connectivity index (χ1n) is 8.18. The van der Waals surface area contributed by atoms with Gasteiger partial charge in [-0.1, -0.05) is 25.5 Å². The molecular weight excluding hydrogens is 324 g/mol. The average Bonchev–Trinajstić information content (AvgIpc) is 2.97. The van der Waals surface area contributed by atoms with Crippen LogP contribution in [0.3, 0.4) is 0 Å². The van der Waals surface area contributed by atoms with Crippen molar-refractivity contribution in [1.82, 2.24) is 0 Å². The molecule has 0 saturated heterocycles. The third kappa shape index (κ3) is 3.34. The molecular formula is C19H24O6. The number of rotatable bonds is 6.